The quantitative estimate of drug-likeness (QED) is 0.797. The lowest BCUT2D eigenvalue weighted by atomic mass is 10.2. The molecule has 0 atom stereocenters. The van der Waals surface area contributed by atoms with Crippen LogP contribution in [-0.2, 0) is 0 Å². The van der Waals surface area contributed by atoms with E-state index in [1.807, 2.05) is 0 Å². The van der Waals surface area contributed by atoms with Crippen LogP contribution in [0.4, 0.5) is 15.6 Å². The lowest BCUT2D eigenvalue weighted by molar-refractivity contribution is 0.0697. The Bertz CT molecular complexity index is 618. The highest BCUT2D eigenvalue weighted by atomic mass is 35.5. The van der Waals surface area contributed by atoms with Crippen LogP contribution in [0.2, 0.25) is 5.02 Å². The van der Waals surface area contributed by atoms with Gasteiger partial charge in [-0.25, -0.2) is 9.59 Å². The molecule has 0 unspecified atom stereocenters. The van der Waals surface area contributed by atoms with Crippen LogP contribution in [0.3, 0.4) is 0 Å². The maximum Gasteiger partial charge on any atom is 0.335 e. The van der Waals surface area contributed by atoms with Crippen molar-refractivity contribution in [2.45, 2.75) is 0 Å². The predicted octanol–water partition coefficient (Wildman–Crippen LogP) is 1.93. The number of aromatic carboxylic acids is 1. The van der Waals surface area contributed by atoms with Gasteiger partial charge in [0.25, 0.3) is 0 Å². The molecule has 0 aliphatic rings. The summed E-state index contributed by atoms with van der Waals surface area (Å²) in [6.07, 6.45) is 0. The minimum atomic E-state index is -1.10. The number of benzene rings is 1. The van der Waals surface area contributed by atoms with E-state index in [9.17, 15) is 9.59 Å². The van der Waals surface area contributed by atoms with Crippen molar-refractivity contribution < 1.29 is 14.7 Å². The van der Waals surface area contributed by atoms with E-state index in [0.29, 0.717) is 0 Å². The van der Waals surface area contributed by atoms with Gasteiger partial charge in [-0.2, -0.15) is 0 Å². The Morgan fingerprint density at radius 2 is 2.11 bits per heavy atom. The van der Waals surface area contributed by atoms with E-state index in [-0.39, 0.29) is 21.4 Å². The molecule has 3 N–H and O–H groups in total. The zero-order valence-electron chi connectivity index (χ0n) is 9.12. The van der Waals surface area contributed by atoms with Gasteiger partial charge in [-0.1, -0.05) is 21.2 Å². The van der Waals surface area contributed by atoms with Gasteiger partial charge in [0.2, 0.25) is 5.13 Å². The van der Waals surface area contributed by atoms with Crippen molar-refractivity contribution in [2.24, 2.45) is 0 Å². The van der Waals surface area contributed by atoms with Crippen LogP contribution in [0.15, 0.2) is 18.2 Å². The number of rotatable bonds is 3. The Labute approximate surface area is 115 Å². The molecule has 2 amide bonds. The molecule has 0 fully saturated rings. The molecule has 1 aromatic heterocycles. The fourth-order valence-electron chi connectivity index (χ4n) is 1.18. The second-order valence-electron chi connectivity index (χ2n) is 3.25. The normalized spacial score (nSPS) is 9.95. The van der Waals surface area contributed by atoms with Gasteiger partial charge in [0, 0.05) is 11.5 Å². The maximum atomic E-state index is 11.6. The first kappa shape index (κ1) is 13.2. The molecule has 19 heavy (non-hydrogen) atoms. The van der Waals surface area contributed by atoms with Gasteiger partial charge in [-0.05, 0) is 23.4 Å². The molecule has 0 saturated carbocycles. The molecular formula is C9H6ClN5O3S. The zero-order chi connectivity index (χ0) is 13.8. The second-order valence-corrected chi connectivity index (χ2v) is 4.39. The Morgan fingerprint density at radius 1 is 1.32 bits per heavy atom. The van der Waals surface area contributed by atoms with E-state index in [4.69, 9.17) is 16.7 Å². The number of carboxylic acids is 1. The van der Waals surface area contributed by atoms with Crippen LogP contribution in [0.25, 0.3) is 0 Å². The fourth-order valence-corrected chi connectivity index (χ4v) is 1.77. The van der Waals surface area contributed by atoms with Crippen LogP contribution in [0.1, 0.15) is 10.4 Å². The number of nitrogens with one attached hydrogen (secondary N) is 2. The molecule has 98 valence electrons. The number of anilines is 2. The number of aromatic nitrogens is 3. The van der Waals surface area contributed by atoms with Crippen molar-refractivity contribution in [3.05, 3.63) is 28.8 Å². The van der Waals surface area contributed by atoms with Crippen LogP contribution < -0.4 is 10.6 Å². The standard InChI is InChI=1S/C9H6ClN5O3S/c10-5-3-4(7(16)17)1-2-6(5)11-8(18)12-9-13-14-15-19-9/h1-3H,(H,16,17)(H2,11,12,13,15,18). The summed E-state index contributed by atoms with van der Waals surface area (Å²) in [5.41, 5.74) is 0.311. The highest BCUT2D eigenvalue weighted by molar-refractivity contribution is 7.09. The number of hydrogen-bond donors (Lipinski definition) is 3. The number of amides is 2. The molecule has 0 aliphatic carbocycles. The van der Waals surface area contributed by atoms with Crippen molar-refractivity contribution in [1.29, 1.82) is 0 Å². The summed E-state index contributed by atoms with van der Waals surface area (Å²) in [5, 5.41) is 20.8. The van der Waals surface area contributed by atoms with Gasteiger partial charge >= 0.3 is 12.0 Å². The average molecular weight is 300 g/mol. The van der Waals surface area contributed by atoms with Gasteiger partial charge in [0.05, 0.1) is 16.3 Å². The molecule has 1 aromatic carbocycles. The summed E-state index contributed by atoms with van der Waals surface area (Å²) >= 11 is 6.77. The Balaban J connectivity index is 2.07. The molecule has 10 heteroatoms. The maximum absolute atomic E-state index is 11.6. The SMILES string of the molecule is O=C(Nc1nnns1)Nc1ccc(C(=O)O)cc1Cl. The van der Waals surface area contributed by atoms with Crippen LogP contribution in [0.5, 0.6) is 0 Å². The van der Waals surface area contributed by atoms with E-state index < -0.39 is 12.0 Å². The van der Waals surface area contributed by atoms with Crippen LogP contribution in [0, 0.1) is 0 Å². The average Bonchev–Trinajstić information content (AvgIpc) is 2.84. The Kier molecular flexibility index (Phi) is 3.88. The number of hydrogen-bond acceptors (Lipinski definition) is 6. The largest absolute Gasteiger partial charge is 0.478 e. The van der Waals surface area contributed by atoms with Crippen molar-refractivity contribution in [1.82, 2.24) is 14.8 Å². The lowest BCUT2D eigenvalue weighted by Gasteiger charge is -2.07. The second kappa shape index (κ2) is 5.59. The Morgan fingerprint density at radius 3 is 2.68 bits per heavy atom. The number of nitrogens with zero attached hydrogens (tertiary/aromatic N) is 3. The molecule has 0 bridgehead atoms. The summed E-state index contributed by atoms with van der Waals surface area (Å²) in [7, 11) is 0. The first-order chi connectivity index (χ1) is 9.06. The minimum Gasteiger partial charge on any atom is -0.478 e. The molecule has 0 radical (unpaired) electrons. The minimum absolute atomic E-state index is 0.0317. The van der Waals surface area contributed by atoms with Crippen molar-refractivity contribution in [2.75, 3.05) is 10.6 Å². The third kappa shape index (κ3) is 3.36. The highest BCUT2D eigenvalue weighted by Gasteiger charge is 2.10. The first-order valence-corrected chi connectivity index (χ1v) is 5.97. The van der Waals surface area contributed by atoms with Gasteiger partial charge < -0.3 is 10.4 Å². The van der Waals surface area contributed by atoms with Crippen LogP contribution in [-0.4, -0.2) is 31.9 Å². The van der Waals surface area contributed by atoms with Gasteiger partial charge in [-0.15, -0.1) is 0 Å². The first-order valence-electron chi connectivity index (χ1n) is 4.82. The third-order valence-electron chi connectivity index (χ3n) is 1.98. The van der Waals surface area contributed by atoms with Crippen molar-refractivity contribution >= 4 is 46.0 Å². The summed E-state index contributed by atoms with van der Waals surface area (Å²) in [4.78, 5) is 22.3. The lowest BCUT2D eigenvalue weighted by Crippen LogP contribution is -2.19. The van der Waals surface area contributed by atoms with Gasteiger partial charge in [0.1, 0.15) is 0 Å². The molecule has 2 rings (SSSR count). The predicted molar refractivity (Wildman–Crippen MR) is 68.8 cm³/mol. The number of halogens is 1. The zero-order valence-corrected chi connectivity index (χ0v) is 10.7. The van der Waals surface area contributed by atoms with E-state index in [0.717, 1.165) is 11.5 Å². The summed E-state index contributed by atoms with van der Waals surface area (Å²) in [5.74, 6) is -1.10. The molecule has 0 spiro atoms. The third-order valence-corrected chi connectivity index (χ3v) is 2.81. The topological polar surface area (TPSA) is 117 Å². The monoisotopic (exact) mass is 299 g/mol. The highest BCUT2D eigenvalue weighted by Crippen LogP contribution is 2.23. The number of carboxylic acid groups (broad SMARTS) is 1. The molecule has 1 heterocycles. The molecule has 0 aliphatic heterocycles. The molecular weight excluding hydrogens is 294 g/mol. The molecule has 2 aromatic rings. The number of urea groups is 1. The fraction of sp³-hybridized carbons (Fsp3) is 0. The Hall–Kier alpha value is -2.26. The van der Waals surface area contributed by atoms with E-state index in [1.54, 1.807) is 0 Å². The summed E-state index contributed by atoms with van der Waals surface area (Å²) in [6.45, 7) is 0. The summed E-state index contributed by atoms with van der Waals surface area (Å²) in [6, 6.07) is 3.38. The van der Waals surface area contributed by atoms with E-state index in [1.165, 1.54) is 18.2 Å². The van der Waals surface area contributed by atoms with E-state index >= 15 is 0 Å². The summed E-state index contributed by atoms with van der Waals surface area (Å²) < 4.78 is 3.48. The van der Waals surface area contributed by atoms with Crippen LogP contribution >= 0.6 is 23.1 Å². The van der Waals surface area contributed by atoms with Crippen molar-refractivity contribution in [3.63, 3.8) is 0 Å². The molecule has 0 saturated heterocycles. The van der Waals surface area contributed by atoms with E-state index in [2.05, 4.69) is 25.4 Å². The smallest absolute Gasteiger partial charge is 0.335 e. The molecule has 8 nitrogen and oxygen atoms in total. The van der Waals surface area contributed by atoms with Crippen molar-refractivity contribution in [3.8, 4) is 0 Å². The van der Waals surface area contributed by atoms with Gasteiger partial charge in [-0.3, -0.25) is 5.32 Å². The number of carbonyl (C=O) groups excluding carboxylic acids is 1. The van der Waals surface area contributed by atoms with Gasteiger partial charge in [0.15, 0.2) is 0 Å². The number of carbonyl (C=O) groups is 2.